The van der Waals surface area contributed by atoms with Gasteiger partial charge in [-0.05, 0) is 22.0 Å². The van der Waals surface area contributed by atoms with Gasteiger partial charge in [0.05, 0.1) is 16.7 Å². The van der Waals surface area contributed by atoms with Crippen LogP contribution in [-0.4, -0.2) is 37.2 Å². The van der Waals surface area contributed by atoms with E-state index in [1.54, 1.807) is 4.90 Å². The Morgan fingerprint density at radius 1 is 1.56 bits per heavy atom. The van der Waals surface area contributed by atoms with Crippen molar-refractivity contribution in [3.63, 3.8) is 0 Å². The minimum Gasteiger partial charge on any atom is -0.488 e. The molecule has 5 nitrogen and oxygen atoms in total. The van der Waals surface area contributed by atoms with Gasteiger partial charge in [0, 0.05) is 19.2 Å². The number of anilines is 1. The monoisotopic (exact) mass is 317 g/mol. The molecule has 0 aliphatic carbocycles. The highest BCUT2D eigenvalue weighted by Crippen LogP contribution is 2.32. The van der Waals surface area contributed by atoms with Crippen molar-refractivity contribution >= 4 is 27.6 Å². The zero-order valence-corrected chi connectivity index (χ0v) is 11.2. The largest absolute Gasteiger partial charge is 0.488 e. The van der Waals surface area contributed by atoms with Crippen LogP contribution < -0.4 is 15.8 Å². The molecule has 0 unspecified atom stereocenters. The van der Waals surface area contributed by atoms with Gasteiger partial charge in [0.25, 0.3) is 0 Å². The number of rotatable bonds is 4. The molecule has 3 N–H and O–H groups in total. The lowest BCUT2D eigenvalue weighted by atomic mass is 10.3. The van der Waals surface area contributed by atoms with Gasteiger partial charge in [-0.2, -0.15) is 0 Å². The number of hydrogen-bond acceptors (Lipinski definition) is 3. The van der Waals surface area contributed by atoms with Crippen LogP contribution in [-0.2, 0) is 0 Å². The summed E-state index contributed by atoms with van der Waals surface area (Å²) in [6.07, 6.45) is 0. The molecule has 1 aromatic carbocycles. The fraction of sp³-hybridized carbons (Fsp3) is 0.364. The van der Waals surface area contributed by atoms with Crippen LogP contribution in [0.5, 0.6) is 5.75 Å². The number of benzene rings is 1. The lowest BCUT2D eigenvalue weighted by molar-refractivity contribution is 0.202. The number of ether oxygens (including phenoxy) is 1. The quantitative estimate of drug-likeness (QED) is 0.828. The average Bonchev–Trinajstić information content (AvgIpc) is 2.68. The summed E-state index contributed by atoms with van der Waals surface area (Å²) in [5.74, 6) is -0.0262. The Morgan fingerprint density at radius 2 is 2.33 bits per heavy atom. The maximum absolute atomic E-state index is 13.0. The molecule has 7 heteroatoms. The SMILES string of the molecule is Nc1cc(F)cc(Br)c1OCCN1CCNC1=O. The minimum absolute atomic E-state index is 0.0928. The Balaban J connectivity index is 1.92. The second-order valence-electron chi connectivity index (χ2n) is 3.87. The number of carbonyl (C=O) groups excluding carboxylic acids is 1. The molecule has 1 aliphatic heterocycles. The summed E-state index contributed by atoms with van der Waals surface area (Å²) in [6, 6.07) is 2.39. The van der Waals surface area contributed by atoms with Crippen LogP contribution in [0.1, 0.15) is 0 Å². The standard InChI is InChI=1S/C11H13BrFN3O2/c12-8-5-7(13)6-9(14)10(8)18-4-3-16-2-1-15-11(16)17/h5-6H,1-4,14H2,(H,15,17). The number of urea groups is 1. The first-order valence-electron chi connectivity index (χ1n) is 5.48. The van der Waals surface area contributed by atoms with Crippen molar-refractivity contribution in [2.45, 2.75) is 0 Å². The number of nitrogens with two attached hydrogens (primary N) is 1. The second kappa shape index (κ2) is 5.43. The number of amides is 2. The Labute approximate surface area is 112 Å². The van der Waals surface area contributed by atoms with E-state index < -0.39 is 5.82 Å². The fourth-order valence-electron chi connectivity index (χ4n) is 1.71. The van der Waals surface area contributed by atoms with Crippen molar-refractivity contribution in [1.82, 2.24) is 10.2 Å². The van der Waals surface area contributed by atoms with E-state index in [9.17, 15) is 9.18 Å². The molecule has 1 aliphatic rings. The number of carbonyl (C=O) groups is 1. The van der Waals surface area contributed by atoms with Crippen LogP contribution in [0.4, 0.5) is 14.9 Å². The van der Waals surface area contributed by atoms with Gasteiger partial charge in [0.15, 0.2) is 5.75 Å². The molecule has 0 spiro atoms. The zero-order valence-electron chi connectivity index (χ0n) is 9.58. The van der Waals surface area contributed by atoms with Crippen molar-refractivity contribution in [2.24, 2.45) is 0 Å². The summed E-state index contributed by atoms with van der Waals surface area (Å²) < 4.78 is 18.9. The Bertz CT molecular complexity index is 447. The molecular formula is C11H13BrFN3O2. The van der Waals surface area contributed by atoms with E-state index in [4.69, 9.17) is 10.5 Å². The van der Waals surface area contributed by atoms with Gasteiger partial charge in [0.1, 0.15) is 12.4 Å². The highest BCUT2D eigenvalue weighted by Gasteiger charge is 2.19. The zero-order chi connectivity index (χ0) is 13.1. The highest BCUT2D eigenvalue weighted by atomic mass is 79.9. The van der Waals surface area contributed by atoms with Gasteiger partial charge in [-0.3, -0.25) is 0 Å². The predicted octanol–water partition coefficient (Wildman–Crippen LogP) is 1.57. The Kier molecular flexibility index (Phi) is 3.90. The van der Waals surface area contributed by atoms with E-state index in [2.05, 4.69) is 21.2 Å². The van der Waals surface area contributed by atoms with E-state index in [0.29, 0.717) is 36.5 Å². The summed E-state index contributed by atoms with van der Waals surface area (Å²) >= 11 is 3.19. The van der Waals surface area contributed by atoms with Gasteiger partial charge < -0.3 is 20.7 Å². The van der Waals surface area contributed by atoms with Gasteiger partial charge in [-0.15, -0.1) is 0 Å². The molecule has 0 aromatic heterocycles. The fourth-order valence-corrected chi connectivity index (χ4v) is 2.28. The van der Waals surface area contributed by atoms with Crippen LogP contribution in [0.25, 0.3) is 0 Å². The number of hydrogen-bond donors (Lipinski definition) is 2. The Hall–Kier alpha value is -1.50. The third kappa shape index (κ3) is 2.84. The topological polar surface area (TPSA) is 67.6 Å². The molecule has 0 bridgehead atoms. The van der Waals surface area contributed by atoms with Crippen LogP contribution in [0, 0.1) is 5.82 Å². The van der Waals surface area contributed by atoms with Crippen LogP contribution >= 0.6 is 15.9 Å². The van der Waals surface area contributed by atoms with Crippen molar-refractivity contribution in [3.8, 4) is 5.75 Å². The van der Waals surface area contributed by atoms with E-state index in [1.165, 1.54) is 12.1 Å². The lowest BCUT2D eigenvalue weighted by Crippen LogP contribution is -2.31. The Morgan fingerprint density at radius 3 is 2.94 bits per heavy atom. The maximum atomic E-state index is 13.0. The molecule has 0 atom stereocenters. The smallest absolute Gasteiger partial charge is 0.317 e. The molecule has 2 rings (SSSR count). The molecule has 18 heavy (non-hydrogen) atoms. The van der Waals surface area contributed by atoms with E-state index in [0.717, 1.165) is 0 Å². The van der Waals surface area contributed by atoms with E-state index in [1.807, 2.05) is 0 Å². The third-order valence-corrected chi connectivity index (χ3v) is 3.18. The van der Waals surface area contributed by atoms with Crippen LogP contribution in [0.15, 0.2) is 16.6 Å². The first-order valence-corrected chi connectivity index (χ1v) is 6.27. The summed E-state index contributed by atoms with van der Waals surface area (Å²) in [5, 5.41) is 2.70. The first kappa shape index (κ1) is 12.9. The first-order chi connectivity index (χ1) is 8.58. The van der Waals surface area contributed by atoms with E-state index in [-0.39, 0.29) is 11.7 Å². The van der Waals surface area contributed by atoms with Gasteiger partial charge in [-0.1, -0.05) is 0 Å². The summed E-state index contributed by atoms with van der Waals surface area (Å²) in [4.78, 5) is 12.9. The van der Waals surface area contributed by atoms with Crippen molar-refractivity contribution in [3.05, 3.63) is 22.4 Å². The third-order valence-electron chi connectivity index (χ3n) is 2.59. The van der Waals surface area contributed by atoms with Gasteiger partial charge in [0.2, 0.25) is 0 Å². The van der Waals surface area contributed by atoms with Crippen molar-refractivity contribution in [1.29, 1.82) is 0 Å². The lowest BCUT2D eigenvalue weighted by Gasteiger charge is -2.16. The van der Waals surface area contributed by atoms with Gasteiger partial charge in [-0.25, -0.2) is 9.18 Å². The van der Waals surface area contributed by atoms with Gasteiger partial charge >= 0.3 is 6.03 Å². The van der Waals surface area contributed by atoms with Crippen LogP contribution in [0.2, 0.25) is 0 Å². The van der Waals surface area contributed by atoms with Crippen molar-refractivity contribution in [2.75, 3.05) is 32.0 Å². The number of nitrogens with one attached hydrogen (secondary N) is 1. The molecule has 98 valence electrons. The second-order valence-corrected chi connectivity index (χ2v) is 4.73. The molecular weight excluding hydrogens is 305 g/mol. The molecule has 1 aromatic rings. The molecule has 1 fully saturated rings. The molecule has 0 saturated carbocycles. The predicted molar refractivity (Wildman–Crippen MR) is 69.0 cm³/mol. The van der Waals surface area contributed by atoms with E-state index >= 15 is 0 Å². The molecule has 1 heterocycles. The molecule has 1 saturated heterocycles. The summed E-state index contributed by atoms with van der Waals surface area (Å²) in [5.41, 5.74) is 5.89. The van der Waals surface area contributed by atoms with Crippen molar-refractivity contribution < 1.29 is 13.9 Å². The number of nitrogen functional groups attached to an aromatic ring is 1. The molecule has 2 amide bonds. The highest BCUT2D eigenvalue weighted by molar-refractivity contribution is 9.10. The average molecular weight is 318 g/mol. The minimum atomic E-state index is -0.425. The summed E-state index contributed by atoms with van der Waals surface area (Å²) in [7, 11) is 0. The number of nitrogens with zero attached hydrogens (tertiary/aromatic N) is 1. The maximum Gasteiger partial charge on any atom is 0.317 e. The normalized spacial score (nSPS) is 14.8. The molecule has 0 radical (unpaired) electrons. The van der Waals surface area contributed by atoms with Crippen LogP contribution in [0.3, 0.4) is 0 Å². The number of halogens is 2. The summed E-state index contributed by atoms with van der Waals surface area (Å²) in [6.45, 7) is 2.10.